The zero-order valence-electron chi connectivity index (χ0n) is 10.9. The van der Waals surface area contributed by atoms with Gasteiger partial charge in [0.25, 0.3) is 0 Å². The molecule has 3 aromatic rings. The summed E-state index contributed by atoms with van der Waals surface area (Å²) in [5.74, 6) is 0.0755. The average Bonchev–Trinajstić information content (AvgIpc) is 2.74. The molecule has 3 rings (SSSR count). The minimum Gasteiger partial charge on any atom is -0.333 e. The molecule has 0 atom stereocenters. The van der Waals surface area contributed by atoms with Crippen LogP contribution in [0.25, 0.3) is 21.8 Å². The highest BCUT2D eigenvalue weighted by molar-refractivity contribution is 6.09. The van der Waals surface area contributed by atoms with Gasteiger partial charge in [-0.05, 0) is 24.6 Å². The molecule has 0 saturated carbocycles. The van der Waals surface area contributed by atoms with Gasteiger partial charge in [0.15, 0.2) is 5.78 Å². The number of ketones is 1. The minimum absolute atomic E-state index is 0.0755. The lowest BCUT2D eigenvalue weighted by molar-refractivity contribution is -0.115. The molecular formula is C17H15NO. The molecule has 2 nitrogen and oxygen atoms in total. The smallest absolute Gasteiger partial charge is 0.177 e. The summed E-state index contributed by atoms with van der Waals surface area (Å²) in [7, 11) is 0. The van der Waals surface area contributed by atoms with Crippen molar-refractivity contribution >= 4 is 27.6 Å². The van der Waals surface area contributed by atoms with Crippen LogP contribution in [0.2, 0.25) is 0 Å². The third-order valence-corrected chi connectivity index (χ3v) is 3.46. The molecule has 0 aliphatic carbocycles. The van der Waals surface area contributed by atoms with Gasteiger partial charge in [-0.3, -0.25) is 4.79 Å². The summed E-state index contributed by atoms with van der Waals surface area (Å²) in [6.45, 7) is 5.84. The molecule has 0 unspecified atom stereocenters. The summed E-state index contributed by atoms with van der Waals surface area (Å²) < 4.78 is 2.07. The van der Waals surface area contributed by atoms with Gasteiger partial charge in [-0.1, -0.05) is 43.0 Å². The van der Waals surface area contributed by atoms with E-state index in [1.54, 1.807) is 6.92 Å². The molecule has 94 valence electrons. The van der Waals surface area contributed by atoms with Crippen LogP contribution in [0.3, 0.4) is 0 Å². The van der Waals surface area contributed by atoms with Crippen molar-refractivity contribution in [2.24, 2.45) is 0 Å². The van der Waals surface area contributed by atoms with Crippen LogP contribution in [-0.4, -0.2) is 10.4 Å². The number of Topliss-reactive ketones (excluding diaryl/α,β-unsaturated/α-hetero) is 1. The van der Waals surface area contributed by atoms with E-state index in [0.717, 1.165) is 11.0 Å². The maximum atomic E-state index is 12.0. The molecule has 0 spiro atoms. The Labute approximate surface area is 112 Å². The number of carbonyl (C=O) groups excluding carboxylic acids is 1. The first-order valence-corrected chi connectivity index (χ1v) is 6.33. The van der Waals surface area contributed by atoms with Crippen LogP contribution in [0.15, 0.2) is 60.7 Å². The van der Waals surface area contributed by atoms with Gasteiger partial charge in [0.2, 0.25) is 0 Å². The Morgan fingerprint density at radius 3 is 1.95 bits per heavy atom. The second-order valence-electron chi connectivity index (χ2n) is 4.82. The van der Waals surface area contributed by atoms with Crippen LogP contribution in [0.4, 0.5) is 0 Å². The molecule has 0 aliphatic heterocycles. The summed E-state index contributed by atoms with van der Waals surface area (Å²) >= 11 is 0. The summed E-state index contributed by atoms with van der Waals surface area (Å²) in [4.78, 5) is 12.0. The summed E-state index contributed by atoms with van der Waals surface area (Å²) in [5.41, 5.74) is 2.79. The molecule has 0 radical (unpaired) electrons. The van der Waals surface area contributed by atoms with Crippen LogP contribution in [0.1, 0.15) is 6.92 Å². The fraction of sp³-hybridized carbons (Fsp3) is 0.118. The Balaban J connectivity index is 2.30. The number of fused-ring (bicyclic) bond motifs is 3. The predicted molar refractivity (Wildman–Crippen MR) is 79.3 cm³/mol. The van der Waals surface area contributed by atoms with Crippen molar-refractivity contribution in [1.82, 2.24) is 4.57 Å². The third-order valence-electron chi connectivity index (χ3n) is 3.46. The number of nitrogens with zero attached hydrogens (tertiary/aromatic N) is 1. The van der Waals surface area contributed by atoms with Crippen LogP contribution in [-0.2, 0) is 11.3 Å². The van der Waals surface area contributed by atoms with Gasteiger partial charge in [0.05, 0.1) is 6.54 Å². The highest BCUT2D eigenvalue weighted by Gasteiger charge is 2.12. The average molecular weight is 249 g/mol. The number of aromatic nitrogens is 1. The molecule has 0 saturated heterocycles. The van der Waals surface area contributed by atoms with Gasteiger partial charge in [-0.15, -0.1) is 0 Å². The normalized spacial score (nSPS) is 11.0. The fourth-order valence-electron chi connectivity index (χ4n) is 2.45. The number of rotatable bonds is 3. The molecule has 1 heterocycles. The molecule has 0 aliphatic rings. The first-order chi connectivity index (χ1) is 9.18. The van der Waals surface area contributed by atoms with E-state index in [0.29, 0.717) is 12.1 Å². The molecule has 0 N–H and O–H groups in total. The number of hydrogen-bond donors (Lipinski definition) is 0. The number of benzene rings is 2. The van der Waals surface area contributed by atoms with Crippen LogP contribution in [0, 0.1) is 0 Å². The van der Waals surface area contributed by atoms with E-state index in [-0.39, 0.29) is 5.78 Å². The van der Waals surface area contributed by atoms with Crippen molar-refractivity contribution in [3.05, 3.63) is 60.7 Å². The molecule has 0 bridgehead atoms. The number of para-hydroxylation sites is 2. The quantitative estimate of drug-likeness (QED) is 0.644. The highest BCUT2D eigenvalue weighted by Crippen LogP contribution is 2.28. The molecule has 2 aromatic carbocycles. The molecule has 0 amide bonds. The van der Waals surface area contributed by atoms with Crippen molar-refractivity contribution in [1.29, 1.82) is 0 Å². The molecular weight excluding hydrogens is 234 g/mol. The largest absolute Gasteiger partial charge is 0.333 e. The maximum absolute atomic E-state index is 12.0. The number of carbonyl (C=O) groups is 1. The Bertz CT molecular complexity index is 742. The first-order valence-electron chi connectivity index (χ1n) is 6.33. The Hall–Kier alpha value is -2.35. The van der Waals surface area contributed by atoms with E-state index < -0.39 is 0 Å². The van der Waals surface area contributed by atoms with Crippen molar-refractivity contribution < 1.29 is 4.79 Å². The van der Waals surface area contributed by atoms with E-state index in [2.05, 4.69) is 35.4 Å². The summed E-state index contributed by atoms with van der Waals surface area (Å²) in [6.07, 6.45) is 0. The zero-order valence-corrected chi connectivity index (χ0v) is 10.9. The second kappa shape index (κ2) is 4.39. The Morgan fingerprint density at radius 1 is 1.00 bits per heavy atom. The molecule has 1 aromatic heterocycles. The topological polar surface area (TPSA) is 22.0 Å². The molecule has 19 heavy (non-hydrogen) atoms. The van der Waals surface area contributed by atoms with Crippen LogP contribution >= 0.6 is 0 Å². The van der Waals surface area contributed by atoms with E-state index in [9.17, 15) is 4.79 Å². The van der Waals surface area contributed by atoms with Crippen LogP contribution < -0.4 is 0 Å². The molecule has 2 heteroatoms. The second-order valence-corrected chi connectivity index (χ2v) is 4.82. The third kappa shape index (κ3) is 1.85. The highest BCUT2D eigenvalue weighted by atomic mass is 16.1. The number of hydrogen-bond acceptors (Lipinski definition) is 1. The maximum Gasteiger partial charge on any atom is 0.177 e. The van der Waals surface area contributed by atoms with Crippen molar-refractivity contribution in [2.45, 2.75) is 13.5 Å². The van der Waals surface area contributed by atoms with Gasteiger partial charge >= 0.3 is 0 Å². The fourth-order valence-corrected chi connectivity index (χ4v) is 2.45. The minimum atomic E-state index is 0.0755. The standard InChI is InChI=1S/C17H15NO/c1-12(2)17(19)11-18-15-9-5-3-7-13(15)14-8-4-6-10-16(14)18/h3-10H,1,11H2,2H3. The number of allylic oxidation sites excluding steroid dienone is 1. The SMILES string of the molecule is C=C(C)C(=O)Cn1c2ccccc2c2ccccc21. The monoisotopic (exact) mass is 249 g/mol. The molecule has 0 fully saturated rings. The lowest BCUT2D eigenvalue weighted by atomic mass is 10.2. The predicted octanol–water partition coefficient (Wildman–Crippen LogP) is 3.94. The van der Waals surface area contributed by atoms with Gasteiger partial charge < -0.3 is 4.57 Å². The Morgan fingerprint density at radius 2 is 1.47 bits per heavy atom. The first kappa shape index (κ1) is 11.7. The van der Waals surface area contributed by atoms with E-state index >= 15 is 0 Å². The van der Waals surface area contributed by atoms with Crippen LogP contribution in [0.5, 0.6) is 0 Å². The van der Waals surface area contributed by atoms with E-state index in [1.165, 1.54) is 10.8 Å². The summed E-state index contributed by atoms with van der Waals surface area (Å²) in [5, 5.41) is 2.38. The lowest BCUT2D eigenvalue weighted by Crippen LogP contribution is -2.10. The Kier molecular flexibility index (Phi) is 2.71. The van der Waals surface area contributed by atoms with E-state index in [4.69, 9.17) is 0 Å². The van der Waals surface area contributed by atoms with E-state index in [1.807, 2.05) is 24.3 Å². The van der Waals surface area contributed by atoms with Crippen molar-refractivity contribution in [2.75, 3.05) is 0 Å². The van der Waals surface area contributed by atoms with Crippen molar-refractivity contribution in [3.8, 4) is 0 Å². The van der Waals surface area contributed by atoms with Gasteiger partial charge in [0, 0.05) is 21.8 Å². The van der Waals surface area contributed by atoms with Gasteiger partial charge in [0.1, 0.15) is 0 Å². The zero-order chi connectivity index (χ0) is 13.4. The lowest BCUT2D eigenvalue weighted by Gasteiger charge is -2.06. The van der Waals surface area contributed by atoms with Gasteiger partial charge in [-0.25, -0.2) is 0 Å². The summed E-state index contributed by atoms with van der Waals surface area (Å²) in [6, 6.07) is 16.4. The van der Waals surface area contributed by atoms with Crippen molar-refractivity contribution in [3.63, 3.8) is 0 Å². The van der Waals surface area contributed by atoms with Gasteiger partial charge in [-0.2, -0.15) is 0 Å².